The molecular formula is C14H21BrN2O. The van der Waals surface area contributed by atoms with Crippen LogP contribution in [0.15, 0.2) is 22.7 Å². The zero-order chi connectivity index (χ0) is 13.2. The number of halogens is 1. The van der Waals surface area contributed by atoms with E-state index in [1.807, 2.05) is 14.0 Å². The first-order chi connectivity index (χ1) is 8.52. The van der Waals surface area contributed by atoms with E-state index in [1.54, 1.807) is 0 Å². The van der Waals surface area contributed by atoms with Gasteiger partial charge in [-0.2, -0.15) is 0 Å². The summed E-state index contributed by atoms with van der Waals surface area (Å²) in [7, 11) is 1.95. The van der Waals surface area contributed by atoms with Gasteiger partial charge in [-0.1, -0.05) is 6.07 Å². The summed E-state index contributed by atoms with van der Waals surface area (Å²) in [6.45, 7) is 4.51. The van der Waals surface area contributed by atoms with E-state index in [0.717, 1.165) is 30.4 Å². The van der Waals surface area contributed by atoms with E-state index >= 15 is 0 Å². The lowest BCUT2D eigenvalue weighted by atomic mass is 9.94. The molecule has 100 valence electrons. The second-order valence-corrected chi connectivity index (χ2v) is 6.19. The molecule has 1 heterocycles. The van der Waals surface area contributed by atoms with Crippen molar-refractivity contribution in [3.8, 4) is 0 Å². The number of rotatable bonds is 3. The van der Waals surface area contributed by atoms with Gasteiger partial charge >= 0.3 is 0 Å². The minimum absolute atomic E-state index is 0.568. The molecule has 0 aliphatic carbocycles. The van der Waals surface area contributed by atoms with Crippen molar-refractivity contribution in [1.29, 1.82) is 0 Å². The van der Waals surface area contributed by atoms with Crippen LogP contribution in [0.3, 0.4) is 0 Å². The Morgan fingerprint density at radius 2 is 2.28 bits per heavy atom. The van der Waals surface area contributed by atoms with E-state index in [1.165, 1.54) is 11.3 Å². The van der Waals surface area contributed by atoms with Crippen molar-refractivity contribution in [2.45, 2.75) is 31.9 Å². The second-order valence-electron chi connectivity index (χ2n) is 5.34. The highest BCUT2D eigenvalue weighted by atomic mass is 79.9. The third-order valence-corrected chi connectivity index (χ3v) is 4.04. The number of nitrogens with zero attached hydrogens (tertiary/aromatic N) is 1. The van der Waals surface area contributed by atoms with Crippen molar-refractivity contribution >= 4 is 21.6 Å². The Balaban J connectivity index is 2.18. The summed E-state index contributed by atoms with van der Waals surface area (Å²) in [4.78, 5) is 2.26. The lowest BCUT2D eigenvalue weighted by Crippen LogP contribution is -2.46. The summed E-state index contributed by atoms with van der Waals surface area (Å²) >= 11 is 3.64. The van der Waals surface area contributed by atoms with Gasteiger partial charge in [0.15, 0.2) is 0 Å². The maximum absolute atomic E-state index is 10.2. The average molecular weight is 313 g/mol. The molecule has 0 amide bonds. The Morgan fingerprint density at radius 3 is 2.89 bits per heavy atom. The minimum Gasteiger partial charge on any atom is -0.388 e. The van der Waals surface area contributed by atoms with Crippen LogP contribution in [0.5, 0.6) is 0 Å². The molecule has 1 aromatic rings. The van der Waals surface area contributed by atoms with Crippen LogP contribution in [0.1, 0.15) is 25.3 Å². The Labute approximate surface area is 117 Å². The lowest BCUT2D eigenvalue weighted by molar-refractivity contribution is 0.0449. The predicted octanol–water partition coefficient (Wildman–Crippen LogP) is 2.52. The van der Waals surface area contributed by atoms with Crippen molar-refractivity contribution in [3.63, 3.8) is 0 Å². The van der Waals surface area contributed by atoms with Crippen molar-refractivity contribution in [2.75, 3.05) is 25.0 Å². The zero-order valence-corrected chi connectivity index (χ0v) is 12.6. The molecule has 0 aromatic heterocycles. The smallest absolute Gasteiger partial charge is 0.0794 e. The number of nitrogens with one attached hydrogen (secondary N) is 1. The van der Waals surface area contributed by atoms with Crippen LogP contribution >= 0.6 is 15.9 Å². The van der Waals surface area contributed by atoms with Gasteiger partial charge in [-0.25, -0.2) is 0 Å². The Bertz CT molecular complexity index is 420. The maximum Gasteiger partial charge on any atom is 0.0794 e. The van der Waals surface area contributed by atoms with Gasteiger partial charge in [0.1, 0.15) is 0 Å². The third-order valence-electron chi connectivity index (χ3n) is 3.41. The molecule has 1 saturated heterocycles. The van der Waals surface area contributed by atoms with Crippen LogP contribution < -0.4 is 10.2 Å². The second kappa shape index (κ2) is 5.59. The molecule has 1 atom stereocenters. The number of anilines is 1. The van der Waals surface area contributed by atoms with Crippen LogP contribution in [0.2, 0.25) is 0 Å². The molecule has 4 heteroatoms. The average Bonchev–Trinajstić information content (AvgIpc) is 2.28. The summed E-state index contributed by atoms with van der Waals surface area (Å²) in [5.74, 6) is 0. The Morgan fingerprint density at radius 1 is 1.50 bits per heavy atom. The number of piperidine rings is 1. The van der Waals surface area contributed by atoms with Crippen molar-refractivity contribution < 1.29 is 5.11 Å². The molecule has 2 rings (SSSR count). The first-order valence-electron chi connectivity index (χ1n) is 6.42. The van der Waals surface area contributed by atoms with Crippen LogP contribution in [0.25, 0.3) is 0 Å². The molecule has 1 aromatic carbocycles. The first-order valence-corrected chi connectivity index (χ1v) is 7.21. The van der Waals surface area contributed by atoms with Crippen molar-refractivity contribution in [1.82, 2.24) is 5.32 Å². The van der Waals surface area contributed by atoms with E-state index in [-0.39, 0.29) is 0 Å². The highest BCUT2D eigenvalue weighted by Crippen LogP contribution is 2.32. The van der Waals surface area contributed by atoms with Gasteiger partial charge in [-0.3, -0.25) is 0 Å². The lowest BCUT2D eigenvalue weighted by Gasteiger charge is -2.38. The Hall–Kier alpha value is -0.580. The summed E-state index contributed by atoms with van der Waals surface area (Å²) in [5.41, 5.74) is 1.87. The molecule has 18 heavy (non-hydrogen) atoms. The molecule has 2 N–H and O–H groups in total. The van der Waals surface area contributed by atoms with Gasteiger partial charge in [0, 0.05) is 24.1 Å². The standard InChI is InChI=1S/C14H21BrN2O/c1-14(18)6-3-7-17(10-14)13-5-4-11(9-16-2)8-12(13)15/h4-5,8,16,18H,3,6-7,9-10H2,1-2H3. The molecule has 0 bridgehead atoms. The fraction of sp³-hybridized carbons (Fsp3) is 0.571. The van der Waals surface area contributed by atoms with E-state index in [0.29, 0.717) is 6.54 Å². The number of hydrogen-bond donors (Lipinski definition) is 2. The van der Waals surface area contributed by atoms with Gasteiger partial charge in [0.2, 0.25) is 0 Å². The third kappa shape index (κ3) is 3.25. The minimum atomic E-state index is -0.568. The van der Waals surface area contributed by atoms with E-state index in [4.69, 9.17) is 0 Å². The summed E-state index contributed by atoms with van der Waals surface area (Å²) < 4.78 is 1.10. The fourth-order valence-corrected chi connectivity index (χ4v) is 3.22. The molecule has 1 aliphatic heterocycles. The molecule has 1 aliphatic rings. The highest BCUT2D eigenvalue weighted by molar-refractivity contribution is 9.10. The number of hydrogen-bond acceptors (Lipinski definition) is 3. The SMILES string of the molecule is CNCc1ccc(N2CCCC(C)(O)C2)c(Br)c1. The molecular weight excluding hydrogens is 292 g/mol. The monoisotopic (exact) mass is 312 g/mol. The van der Waals surface area contributed by atoms with E-state index in [9.17, 15) is 5.11 Å². The molecule has 3 nitrogen and oxygen atoms in total. The van der Waals surface area contributed by atoms with E-state index < -0.39 is 5.60 Å². The molecule has 0 saturated carbocycles. The number of β-amino-alcohol motifs (C(OH)–C–C–N with tert-alkyl or cyclic N) is 1. The molecule has 1 fully saturated rings. The van der Waals surface area contributed by atoms with Gasteiger partial charge in [-0.15, -0.1) is 0 Å². The number of benzene rings is 1. The molecule has 0 radical (unpaired) electrons. The topological polar surface area (TPSA) is 35.5 Å². The largest absolute Gasteiger partial charge is 0.388 e. The normalized spacial score (nSPS) is 24.3. The van der Waals surface area contributed by atoms with Gasteiger partial charge in [0.25, 0.3) is 0 Å². The van der Waals surface area contributed by atoms with Gasteiger partial charge < -0.3 is 15.3 Å². The van der Waals surface area contributed by atoms with Crippen molar-refractivity contribution in [2.24, 2.45) is 0 Å². The maximum atomic E-state index is 10.2. The van der Waals surface area contributed by atoms with Crippen LogP contribution in [0, 0.1) is 0 Å². The predicted molar refractivity (Wildman–Crippen MR) is 79.0 cm³/mol. The van der Waals surface area contributed by atoms with Crippen LogP contribution in [0.4, 0.5) is 5.69 Å². The highest BCUT2D eigenvalue weighted by Gasteiger charge is 2.29. The zero-order valence-electron chi connectivity index (χ0n) is 11.0. The van der Waals surface area contributed by atoms with E-state index in [2.05, 4.69) is 44.3 Å². The summed E-state index contributed by atoms with van der Waals surface area (Å²) in [5, 5.41) is 13.3. The van der Waals surface area contributed by atoms with Gasteiger partial charge in [-0.05, 0) is 60.4 Å². The summed E-state index contributed by atoms with van der Waals surface area (Å²) in [6.07, 6.45) is 1.93. The molecule has 0 spiro atoms. The van der Waals surface area contributed by atoms with Crippen LogP contribution in [-0.2, 0) is 6.54 Å². The summed E-state index contributed by atoms with van der Waals surface area (Å²) in [6, 6.07) is 6.42. The van der Waals surface area contributed by atoms with Crippen molar-refractivity contribution in [3.05, 3.63) is 28.2 Å². The van der Waals surface area contributed by atoms with Crippen LogP contribution in [-0.4, -0.2) is 30.8 Å². The molecule has 1 unspecified atom stereocenters. The fourth-order valence-electron chi connectivity index (χ4n) is 2.55. The van der Waals surface area contributed by atoms with Gasteiger partial charge in [0.05, 0.1) is 11.3 Å². The quantitative estimate of drug-likeness (QED) is 0.900. The number of aliphatic hydroxyl groups is 1. The Kier molecular flexibility index (Phi) is 4.30. The first kappa shape index (κ1) is 13.8.